The molecule has 2 aromatic heterocycles. The lowest BCUT2D eigenvalue weighted by atomic mass is 9.76. The van der Waals surface area contributed by atoms with Gasteiger partial charge in [0.25, 0.3) is 0 Å². The van der Waals surface area contributed by atoms with Gasteiger partial charge in [-0.2, -0.15) is 0 Å². The van der Waals surface area contributed by atoms with E-state index in [1.54, 1.807) is 0 Å². The van der Waals surface area contributed by atoms with Crippen molar-refractivity contribution in [3.8, 4) is 67.3 Å². The van der Waals surface area contributed by atoms with E-state index >= 15 is 0 Å². The molecular formula is C57H44N2S2. The van der Waals surface area contributed by atoms with E-state index < -0.39 is 0 Å². The summed E-state index contributed by atoms with van der Waals surface area (Å²) in [4.78, 5) is 13.7. The number of aromatic nitrogens is 2. The summed E-state index contributed by atoms with van der Waals surface area (Å²) in [6.45, 7) is 9.39. The summed E-state index contributed by atoms with van der Waals surface area (Å²) >= 11 is 3.92. The standard InChI is InChI=1S/C57H44N2S2/c1-34-17-22-43-45-30-38(21-25-51(45)60-53(43)28-34)40-23-18-36(37-20-26-52-48(31-37)57(4)27-11-10-16-54(57)61-52)29-44(40)50-33-49(58-55(59-50)35-12-6-5-7-13-35)39-19-24-42-41-14-8-9-15-46(41)56(2,3)47(42)32-39/h5-27,29-34,54H,28H2,1-4H3. The first-order valence-electron chi connectivity index (χ1n) is 21.5. The van der Waals surface area contributed by atoms with Crippen molar-refractivity contribution in [3.05, 3.63) is 191 Å². The normalized spacial score (nSPS) is 20.0. The number of allylic oxidation sites excluding steroid dienone is 4. The fourth-order valence-corrected chi connectivity index (χ4v) is 13.0. The van der Waals surface area contributed by atoms with E-state index in [-0.39, 0.29) is 10.8 Å². The average Bonchev–Trinajstić information content (AvgIpc) is 3.89. The van der Waals surface area contributed by atoms with Crippen LogP contribution in [0.1, 0.15) is 54.8 Å². The molecule has 0 radical (unpaired) electrons. The zero-order valence-corrected chi connectivity index (χ0v) is 36.4. The molecule has 61 heavy (non-hydrogen) atoms. The average molecular weight is 821 g/mol. The third-order valence-electron chi connectivity index (χ3n) is 13.7. The topological polar surface area (TPSA) is 25.8 Å². The molecule has 3 heterocycles. The van der Waals surface area contributed by atoms with E-state index in [1.807, 2.05) is 23.1 Å². The van der Waals surface area contributed by atoms with Gasteiger partial charge in [0.05, 0.1) is 11.4 Å². The van der Waals surface area contributed by atoms with Crippen LogP contribution in [0, 0.1) is 5.92 Å². The maximum atomic E-state index is 5.47. The SMILES string of the molecule is CC1C=Cc2c(sc3ccc(-c4ccc(-c5ccc6c(c5)C5(C)C=CC=CC5S6)cc4-c4cc(-c5ccc6c(c5)C(C)(C)c5ccccc5-6)nc(-c5ccccc5)n4)cc23)C1. The van der Waals surface area contributed by atoms with Crippen molar-refractivity contribution >= 4 is 39.3 Å². The third kappa shape index (κ3) is 5.83. The Kier molecular flexibility index (Phi) is 8.27. The molecular weight excluding hydrogens is 777 g/mol. The first-order chi connectivity index (χ1) is 29.7. The largest absolute Gasteiger partial charge is 0.228 e. The zero-order valence-electron chi connectivity index (χ0n) is 34.7. The van der Waals surface area contributed by atoms with Crippen LogP contribution in [0.15, 0.2) is 169 Å². The second kappa shape index (κ2) is 13.7. The van der Waals surface area contributed by atoms with Crippen LogP contribution in [0.5, 0.6) is 0 Å². The quantitative estimate of drug-likeness (QED) is 0.173. The van der Waals surface area contributed by atoms with Crippen molar-refractivity contribution < 1.29 is 0 Å². The molecule has 12 rings (SSSR count). The van der Waals surface area contributed by atoms with Crippen LogP contribution in [-0.4, -0.2) is 15.2 Å². The highest BCUT2D eigenvalue weighted by Gasteiger charge is 2.42. The molecule has 1 aliphatic heterocycles. The van der Waals surface area contributed by atoms with Crippen LogP contribution in [0.2, 0.25) is 0 Å². The highest BCUT2D eigenvalue weighted by atomic mass is 32.2. The first kappa shape index (κ1) is 36.8. The van der Waals surface area contributed by atoms with Crippen LogP contribution < -0.4 is 0 Å². The number of benzene rings is 6. The van der Waals surface area contributed by atoms with E-state index in [9.17, 15) is 0 Å². The minimum atomic E-state index is -0.122. The van der Waals surface area contributed by atoms with Gasteiger partial charge < -0.3 is 0 Å². The van der Waals surface area contributed by atoms with Crippen LogP contribution in [-0.2, 0) is 17.3 Å². The van der Waals surface area contributed by atoms with Crippen molar-refractivity contribution in [1.82, 2.24) is 9.97 Å². The Morgan fingerprint density at radius 2 is 1.31 bits per heavy atom. The van der Waals surface area contributed by atoms with Gasteiger partial charge in [-0.3, -0.25) is 0 Å². The molecule has 0 N–H and O–H groups in total. The molecule has 6 aromatic carbocycles. The Morgan fingerprint density at radius 3 is 2.21 bits per heavy atom. The molecule has 4 heteroatoms. The molecule has 3 aliphatic carbocycles. The fraction of sp³-hybridized carbons (Fsp3) is 0.158. The van der Waals surface area contributed by atoms with Crippen molar-refractivity contribution in [1.29, 1.82) is 0 Å². The van der Waals surface area contributed by atoms with E-state index in [0.717, 1.165) is 45.9 Å². The van der Waals surface area contributed by atoms with Crippen LogP contribution in [0.3, 0.4) is 0 Å². The molecule has 2 nitrogen and oxygen atoms in total. The van der Waals surface area contributed by atoms with Gasteiger partial charge in [-0.15, -0.1) is 23.1 Å². The molecule has 0 fully saturated rings. The molecule has 3 atom stereocenters. The smallest absolute Gasteiger partial charge is 0.160 e. The minimum absolute atomic E-state index is 0.0349. The summed E-state index contributed by atoms with van der Waals surface area (Å²) in [7, 11) is 0. The Bertz CT molecular complexity index is 3220. The Labute approximate surface area is 366 Å². The second-order valence-electron chi connectivity index (χ2n) is 18.0. The number of thiophene rings is 1. The number of hydrogen-bond acceptors (Lipinski definition) is 4. The Hall–Kier alpha value is -6.07. The number of rotatable bonds is 5. The van der Waals surface area contributed by atoms with Gasteiger partial charge in [-0.1, -0.05) is 155 Å². The van der Waals surface area contributed by atoms with Gasteiger partial charge in [0.15, 0.2) is 5.82 Å². The van der Waals surface area contributed by atoms with Gasteiger partial charge in [-0.25, -0.2) is 9.97 Å². The van der Waals surface area contributed by atoms with Crippen molar-refractivity contribution in [3.63, 3.8) is 0 Å². The Morgan fingerprint density at radius 1 is 0.574 bits per heavy atom. The summed E-state index contributed by atoms with van der Waals surface area (Å²) < 4.78 is 1.34. The predicted molar refractivity (Wildman–Crippen MR) is 259 cm³/mol. The summed E-state index contributed by atoms with van der Waals surface area (Å²) in [5, 5.41) is 1.74. The Balaban J connectivity index is 1.07. The van der Waals surface area contributed by atoms with E-state index in [4.69, 9.17) is 9.97 Å². The predicted octanol–water partition coefficient (Wildman–Crippen LogP) is 15.4. The monoisotopic (exact) mass is 820 g/mol. The highest BCUT2D eigenvalue weighted by molar-refractivity contribution is 8.00. The lowest BCUT2D eigenvalue weighted by molar-refractivity contribution is 0.620. The van der Waals surface area contributed by atoms with Crippen LogP contribution in [0.25, 0.3) is 83.4 Å². The molecule has 294 valence electrons. The van der Waals surface area contributed by atoms with Gasteiger partial charge in [0, 0.05) is 52.6 Å². The van der Waals surface area contributed by atoms with Gasteiger partial charge in [-0.05, 0) is 110 Å². The van der Waals surface area contributed by atoms with Gasteiger partial charge >= 0.3 is 0 Å². The molecule has 0 saturated heterocycles. The number of hydrogen-bond donors (Lipinski definition) is 0. The van der Waals surface area contributed by atoms with Gasteiger partial charge in [0.1, 0.15) is 0 Å². The zero-order chi connectivity index (χ0) is 41.0. The maximum absolute atomic E-state index is 5.47. The molecule has 0 bridgehead atoms. The van der Waals surface area contributed by atoms with Crippen molar-refractivity contribution in [2.24, 2.45) is 5.92 Å². The van der Waals surface area contributed by atoms with E-state index in [0.29, 0.717) is 11.2 Å². The molecule has 4 aliphatic rings. The molecule has 3 unspecified atom stereocenters. The maximum Gasteiger partial charge on any atom is 0.160 e. The lowest BCUT2D eigenvalue weighted by Gasteiger charge is -2.28. The molecule has 0 saturated carbocycles. The fourth-order valence-electron chi connectivity index (χ4n) is 10.3. The molecule has 0 spiro atoms. The molecule has 8 aromatic rings. The van der Waals surface area contributed by atoms with Crippen LogP contribution in [0.4, 0.5) is 0 Å². The molecule has 0 amide bonds. The number of nitrogens with zero attached hydrogens (tertiary/aromatic N) is 2. The van der Waals surface area contributed by atoms with Crippen LogP contribution >= 0.6 is 23.1 Å². The van der Waals surface area contributed by atoms with Gasteiger partial charge in [0.2, 0.25) is 0 Å². The summed E-state index contributed by atoms with van der Waals surface area (Å²) in [5.41, 5.74) is 17.7. The van der Waals surface area contributed by atoms with Crippen molar-refractivity contribution in [2.75, 3.05) is 0 Å². The number of thioether (sulfide) groups is 1. The second-order valence-corrected chi connectivity index (χ2v) is 20.3. The van der Waals surface area contributed by atoms with E-state index in [2.05, 4.69) is 198 Å². The van der Waals surface area contributed by atoms with E-state index in [1.165, 1.54) is 69.9 Å². The van der Waals surface area contributed by atoms with Crippen molar-refractivity contribution in [2.45, 2.75) is 55.1 Å². The first-order valence-corrected chi connectivity index (χ1v) is 23.2. The minimum Gasteiger partial charge on any atom is -0.228 e. The summed E-state index contributed by atoms with van der Waals surface area (Å²) in [6, 6.07) is 49.6. The summed E-state index contributed by atoms with van der Waals surface area (Å²) in [6.07, 6.45) is 15.0. The lowest BCUT2D eigenvalue weighted by Crippen LogP contribution is -2.28. The highest BCUT2D eigenvalue weighted by Crippen LogP contribution is 2.54. The number of fused-ring (bicyclic) bond motifs is 9. The third-order valence-corrected chi connectivity index (χ3v) is 16.4. The summed E-state index contributed by atoms with van der Waals surface area (Å²) in [5.74, 6) is 1.29.